The number of hydrogen-bond donors (Lipinski definition) is 1. The van der Waals surface area contributed by atoms with Gasteiger partial charge in [0.2, 0.25) is 0 Å². The van der Waals surface area contributed by atoms with Crippen molar-refractivity contribution < 1.29 is 0 Å². The van der Waals surface area contributed by atoms with Gasteiger partial charge in [0.05, 0.1) is 0 Å². The number of nitrogens with zero attached hydrogens (tertiary/aromatic N) is 2. The summed E-state index contributed by atoms with van der Waals surface area (Å²) in [7, 11) is 0. The molecule has 0 aliphatic carbocycles. The van der Waals surface area contributed by atoms with E-state index >= 15 is 0 Å². The predicted molar refractivity (Wildman–Crippen MR) is 69.3 cm³/mol. The van der Waals surface area contributed by atoms with Crippen LogP contribution in [0.1, 0.15) is 0 Å². The smallest absolute Gasteiger partial charge is 0.0415 e. The number of rotatable bonds is 2. The van der Waals surface area contributed by atoms with E-state index in [1.807, 2.05) is 30.5 Å². The third kappa shape index (κ3) is 2.08. The van der Waals surface area contributed by atoms with Crippen molar-refractivity contribution in [1.29, 1.82) is 0 Å². The highest BCUT2D eigenvalue weighted by atomic mass is 14.9. The normalized spacial score (nSPS) is 10.4. The van der Waals surface area contributed by atoms with Crippen molar-refractivity contribution in [2.45, 2.75) is 0 Å². The second kappa shape index (κ2) is 4.22. The molecule has 3 heteroatoms. The van der Waals surface area contributed by atoms with Crippen molar-refractivity contribution >= 4 is 22.1 Å². The first kappa shape index (κ1) is 9.78. The molecular weight excluding hydrogens is 210 g/mol. The Balaban J connectivity index is 1.96. The summed E-state index contributed by atoms with van der Waals surface area (Å²) >= 11 is 0. The third-order valence-electron chi connectivity index (χ3n) is 2.61. The highest BCUT2D eigenvalue weighted by Gasteiger charge is 1.96. The Labute approximate surface area is 99.2 Å². The van der Waals surface area contributed by atoms with Gasteiger partial charge in [0.15, 0.2) is 0 Å². The second-order valence-corrected chi connectivity index (χ2v) is 3.80. The molecule has 1 N–H and O–H groups in total. The third-order valence-corrected chi connectivity index (χ3v) is 2.61. The van der Waals surface area contributed by atoms with Gasteiger partial charge in [-0.1, -0.05) is 6.07 Å². The molecule has 0 spiro atoms. The van der Waals surface area contributed by atoms with Crippen molar-refractivity contribution in [3.8, 4) is 0 Å². The van der Waals surface area contributed by atoms with Crippen LogP contribution < -0.4 is 5.32 Å². The zero-order valence-electron chi connectivity index (χ0n) is 9.17. The van der Waals surface area contributed by atoms with Gasteiger partial charge in [0.25, 0.3) is 0 Å². The molecule has 1 aromatic carbocycles. The summed E-state index contributed by atoms with van der Waals surface area (Å²) in [5.74, 6) is 0. The Morgan fingerprint density at radius 1 is 0.706 bits per heavy atom. The van der Waals surface area contributed by atoms with Gasteiger partial charge in [-0.25, -0.2) is 0 Å². The maximum Gasteiger partial charge on any atom is 0.0415 e. The topological polar surface area (TPSA) is 37.8 Å². The van der Waals surface area contributed by atoms with E-state index in [4.69, 9.17) is 0 Å². The van der Waals surface area contributed by atoms with Crippen LogP contribution in [0, 0.1) is 0 Å². The van der Waals surface area contributed by atoms with E-state index < -0.39 is 0 Å². The van der Waals surface area contributed by atoms with Gasteiger partial charge in [-0.3, -0.25) is 9.97 Å². The van der Waals surface area contributed by atoms with E-state index in [1.165, 1.54) is 5.39 Å². The maximum absolute atomic E-state index is 4.10. The molecule has 0 amide bonds. The maximum atomic E-state index is 4.10. The van der Waals surface area contributed by atoms with Crippen LogP contribution in [0.25, 0.3) is 10.8 Å². The summed E-state index contributed by atoms with van der Waals surface area (Å²) in [5, 5.41) is 5.66. The standard InChI is InChI=1S/C14H11N3/c1-2-14(17-13-4-7-15-8-5-13)9-11-3-6-16-10-12(1)11/h1-10H,(H,15,17). The molecule has 0 aliphatic rings. The number of pyridine rings is 2. The van der Waals surface area contributed by atoms with Gasteiger partial charge in [0.1, 0.15) is 0 Å². The van der Waals surface area contributed by atoms with Crippen LogP contribution in [0.5, 0.6) is 0 Å². The molecule has 0 unspecified atom stereocenters. The van der Waals surface area contributed by atoms with Crippen molar-refractivity contribution in [2.24, 2.45) is 0 Å². The lowest BCUT2D eigenvalue weighted by Crippen LogP contribution is -1.90. The van der Waals surface area contributed by atoms with Gasteiger partial charge in [0, 0.05) is 41.5 Å². The molecule has 0 saturated carbocycles. The summed E-state index contributed by atoms with van der Waals surface area (Å²) in [5.41, 5.74) is 2.10. The molecule has 2 aromatic heterocycles. The quantitative estimate of drug-likeness (QED) is 0.721. The fraction of sp³-hybridized carbons (Fsp3) is 0. The molecule has 3 nitrogen and oxygen atoms in total. The number of anilines is 2. The Kier molecular flexibility index (Phi) is 2.43. The average molecular weight is 221 g/mol. The summed E-state index contributed by atoms with van der Waals surface area (Å²) in [6, 6.07) is 12.1. The molecule has 2 heterocycles. The highest BCUT2D eigenvalue weighted by molar-refractivity contribution is 5.85. The summed E-state index contributed by atoms with van der Waals surface area (Å²) < 4.78 is 0. The first-order valence-electron chi connectivity index (χ1n) is 5.43. The number of benzene rings is 1. The molecule has 0 aliphatic heterocycles. The zero-order chi connectivity index (χ0) is 11.5. The SMILES string of the molecule is c1cc(Nc2ccc3cnccc3c2)ccn1. The molecule has 0 saturated heterocycles. The largest absolute Gasteiger partial charge is 0.355 e. The van der Waals surface area contributed by atoms with E-state index in [9.17, 15) is 0 Å². The van der Waals surface area contributed by atoms with E-state index in [0.29, 0.717) is 0 Å². The fourth-order valence-corrected chi connectivity index (χ4v) is 1.76. The Morgan fingerprint density at radius 2 is 1.53 bits per heavy atom. The van der Waals surface area contributed by atoms with Crippen LogP contribution >= 0.6 is 0 Å². The van der Waals surface area contributed by atoms with Gasteiger partial charge >= 0.3 is 0 Å². The van der Waals surface area contributed by atoms with Crippen LogP contribution in [0.2, 0.25) is 0 Å². The van der Waals surface area contributed by atoms with E-state index in [1.54, 1.807) is 18.6 Å². The van der Waals surface area contributed by atoms with Gasteiger partial charge < -0.3 is 5.32 Å². The minimum atomic E-state index is 1.04. The van der Waals surface area contributed by atoms with Crippen molar-refractivity contribution in [3.63, 3.8) is 0 Å². The number of hydrogen-bond acceptors (Lipinski definition) is 3. The summed E-state index contributed by atoms with van der Waals surface area (Å²) in [4.78, 5) is 8.09. The van der Waals surface area contributed by atoms with Gasteiger partial charge in [-0.05, 0) is 35.7 Å². The first-order chi connectivity index (χ1) is 8.42. The molecule has 17 heavy (non-hydrogen) atoms. The van der Waals surface area contributed by atoms with Gasteiger partial charge in [-0.2, -0.15) is 0 Å². The minimum absolute atomic E-state index is 1.04. The molecule has 3 aromatic rings. The highest BCUT2D eigenvalue weighted by Crippen LogP contribution is 2.21. The first-order valence-corrected chi connectivity index (χ1v) is 5.43. The Bertz CT molecular complexity index is 635. The number of nitrogens with one attached hydrogen (secondary N) is 1. The zero-order valence-corrected chi connectivity index (χ0v) is 9.17. The molecule has 0 bridgehead atoms. The van der Waals surface area contributed by atoms with Crippen molar-refractivity contribution in [3.05, 3.63) is 61.2 Å². The van der Waals surface area contributed by atoms with Crippen LogP contribution in [0.3, 0.4) is 0 Å². The average Bonchev–Trinajstić information content (AvgIpc) is 2.40. The van der Waals surface area contributed by atoms with Crippen LogP contribution in [0.4, 0.5) is 11.4 Å². The summed E-state index contributed by atoms with van der Waals surface area (Å²) in [6.45, 7) is 0. The van der Waals surface area contributed by atoms with E-state index in [-0.39, 0.29) is 0 Å². The lowest BCUT2D eigenvalue weighted by atomic mass is 10.1. The van der Waals surface area contributed by atoms with Crippen LogP contribution in [0.15, 0.2) is 61.2 Å². The van der Waals surface area contributed by atoms with Crippen molar-refractivity contribution in [1.82, 2.24) is 9.97 Å². The Hall–Kier alpha value is -2.42. The molecule has 82 valence electrons. The lowest BCUT2D eigenvalue weighted by molar-refractivity contribution is 1.32. The predicted octanol–water partition coefficient (Wildman–Crippen LogP) is 3.37. The Morgan fingerprint density at radius 3 is 2.41 bits per heavy atom. The molecule has 3 rings (SSSR count). The fourth-order valence-electron chi connectivity index (χ4n) is 1.76. The van der Waals surface area contributed by atoms with Crippen LogP contribution in [-0.4, -0.2) is 9.97 Å². The van der Waals surface area contributed by atoms with E-state index in [0.717, 1.165) is 16.8 Å². The van der Waals surface area contributed by atoms with E-state index in [2.05, 4.69) is 27.4 Å². The van der Waals surface area contributed by atoms with Gasteiger partial charge in [-0.15, -0.1) is 0 Å². The lowest BCUT2D eigenvalue weighted by Gasteiger charge is -2.06. The van der Waals surface area contributed by atoms with Crippen molar-refractivity contribution in [2.75, 3.05) is 5.32 Å². The second-order valence-electron chi connectivity index (χ2n) is 3.80. The molecule has 0 atom stereocenters. The number of aromatic nitrogens is 2. The monoisotopic (exact) mass is 221 g/mol. The molecular formula is C14H11N3. The molecule has 0 fully saturated rings. The summed E-state index contributed by atoms with van der Waals surface area (Å²) in [6.07, 6.45) is 7.21. The molecule has 0 radical (unpaired) electrons. The number of fused-ring (bicyclic) bond motifs is 1. The van der Waals surface area contributed by atoms with Crippen LogP contribution in [-0.2, 0) is 0 Å². The minimum Gasteiger partial charge on any atom is -0.355 e.